The normalized spacial score (nSPS) is 11.3. The van der Waals surface area contributed by atoms with Crippen molar-refractivity contribution < 1.29 is 14.6 Å². The number of benzene rings is 2. The predicted octanol–water partition coefficient (Wildman–Crippen LogP) is 4.09. The molecule has 0 aliphatic rings. The van der Waals surface area contributed by atoms with Crippen molar-refractivity contribution >= 4 is 5.97 Å². The zero-order valence-electron chi connectivity index (χ0n) is 13.3. The molecule has 0 fully saturated rings. The van der Waals surface area contributed by atoms with E-state index in [-0.39, 0.29) is 5.97 Å². The number of ether oxygens (including phenoxy) is 1. The smallest absolute Gasteiger partial charge is 0.343 e. The summed E-state index contributed by atoms with van der Waals surface area (Å²) >= 11 is 0. The molecule has 0 aliphatic carbocycles. The minimum atomic E-state index is -0.906. The molecule has 1 N–H and O–H groups in total. The Morgan fingerprint density at radius 2 is 1.73 bits per heavy atom. The Bertz CT molecular complexity index is 636. The van der Waals surface area contributed by atoms with E-state index in [0.717, 1.165) is 24.0 Å². The van der Waals surface area contributed by atoms with E-state index in [1.165, 1.54) is 0 Å². The van der Waals surface area contributed by atoms with Gasteiger partial charge in [0, 0.05) is 0 Å². The van der Waals surface area contributed by atoms with Gasteiger partial charge in [0.2, 0.25) is 0 Å². The highest BCUT2D eigenvalue weighted by Crippen LogP contribution is 2.23. The van der Waals surface area contributed by atoms with E-state index >= 15 is 0 Å². The summed E-state index contributed by atoms with van der Waals surface area (Å²) in [6, 6.07) is 14.4. The van der Waals surface area contributed by atoms with Crippen LogP contribution < -0.4 is 4.74 Å². The Kier molecular flexibility index (Phi) is 4.99. The van der Waals surface area contributed by atoms with Gasteiger partial charge in [-0.05, 0) is 49.6 Å². The molecule has 0 saturated heterocycles. The zero-order chi connectivity index (χ0) is 16.2. The predicted molar refractivity (Wildman–Crippen MR) is 87.1 cm³/mol. The van der Waals surface area contributed by atoms with Gasteiger partial charge in [0.1, 0.15) is 5.75 Å². The number of hydrogen-bond donors (Lipinski definition) is 1. The van der Waals surface area contributed by atoms with Gasteiger partial charge in [-0.2, -0.15) is 0 Å². The van der Waals surface area contributed by atoms with Gasteiger partial charge in [-0.15, -0.1) is 0 Å². The van der Waals surface area contributed by atoms with Crippen LogP contribution in [0.5, 0.6) is 5.75 Å². The number of carbonyl (C=O) groups excluding carboxylic acids is 1. The molecule has 0 bridgehead atoms. The van der Waals surface area contributed by atoms with Crippen LogP contribution in [0.25, 0.3) is 0 Å². The molecule has 22 heavy (non-hydrogen) atoms. The maximum Gasteiger partial charge on any atom is 0.343 e. The first-order valence-corrected chi connectivity index (χ1v) is 7.55. The van der Waals surface area contributed by atoms with E-state index in [9.17, 15) is 9.90 Å². The van der Waals surface area contributed by atoms with E-state index in [0.29, 0.717) is 11.3 Å². The monoisotopic (exact) mass is 298 g/mol. The number of aliphatic hydroxyl groups is 1. The average Bonchev–Trinajstić information content (AvgIpc) is 2.47. The van der Waals surface area contributed by atoms with E-state index in [1.807, 2.05) is 18.2 Å². The van der Waals surface area contributed by atoms with Gasteiger partial charge < -0.3 is 9.84 Å². The molecule has 0 aliphatic heterocycles. The summed E-state index contributed by atoms with van der Waals surface area (Å²) in [5.74, 6) is 0.129. The first kappa shape index (κ1) is 16.2. The number of hydrogen-bond acceptors (Lipinski definition) is 3. The molecule has 0 atom stereocenters. The molecule has 3 nitrogen and oxygen atoms in total. The highest BCUT2D eigenvalue weighted by atomic mass is 16.5. The van der Waals surface area contributed by atoms with E-state index < -0.39 is 5.60 Å². The SMILES string of the molecule is CCCc1ccccc1C(=O)Oc1ccc(C(C)(C)O)cc1. The van der Waals surface area contributed by atoms with Gasteiger partial charge in [0.25, 0.3) is 0 Å². The fourth-order valence-corrected chi connectivity index (χ4v) is 2.30. The summed E-state index contributed by atoms with van der Waals surface area (Å²) in [5.41, 5.74) is 1.48. The molecule has 0 saturated carbocycles. The molecule has 2 aromatic carbocycles. The second-order valence-corrected chi connectivity index (χ2v) is 5.88. The maximum absolute atomic E-state index is 12.3. The van der Waals surface area contributed by atoms with Crippen molar-refractivity contribution in [3.63, 3.8) is 0 Å². The molecule has 0 heterocycles. The van der Waals surface area contributed by atoms with Crippen LogP contribution in [-0.2, 0) is 12.0 Å². The summed E-state index contributed by atoms with van der Waals surface area (Å²) in [4.78, 5) is 12.3. The van der Waals surface area contributed by atoms with Gasteiger partial charge in [0.05, 0.1) is 11.2 Å². The van der Waals surface area contributed by atoms with Crippen LogP contribution in [0.1, 0.15) is 48.7 Å². The Morgan fingerprint density at radius 3 is 2.32 bits per heavy atom. The fourth-order valence-electron chi connectivity index (χ4n) is 2.30. The second kappa shape index (κ2) is 6.75. The average molecular weight is 298 g/mol. The number of esters is 1. The summed E-state index contributed by atoms with van der Waals surface area (Å²) < 4.78 is 5.43. The molecule has 0 amide bonds. The lowest BCUT2D eigenvalue weighted by Crippen LogP contribution is -2.15. The third-order valence-corrected chi connectivity index (χ3v) is 3.53. The quantitative estimate of drug-likeness (QED) is 0.668. The van der Waals surface area contributed by atoms with Crippen molar-refractivity contribution in [2.24, 2.45) is 0 Å². The van der Waals surface area contributed by atoms with E-state index in [2.05, 4.69) is 6.92 Å². The lowest BCUT2D eigenvalue weighted by molar-refractivity contribution is 0.0732. The van der Waals surface area contributed by atoms with Crippen LogP contribution in [0.3, 0.4) is 0 Å². The van der Waals surface area contributed by atoms with Gasteiger partial charge in [-0.1, -0.05) is 43.7 Å². The van der Waals surface area contributed by atoms with E-state index in [1.54, 1.807) is 44.2 Å². The van der Waals surface area contributed by atoms with Crippen molar-refractivity contribution in [3.05, 3.63) is 65.2 Å². The molecular formula is C19H22O3. The molecule has 116 valence electrons. The Labute approximate surface area is 131 Å². The number of aryl methyl sites for hydroxylation is 1. The highest BCUT2D eigenvalue weighted by molar-refractivity contribution is 5.92. The minimum absolute atomic E-state index is 0.347. The van der Waals surface area contributed by atoms with Crippen LogP contribution in [-0.4, -0.2) is 11.1 Å². The maximum atomic E-state index is 12.3. The third-order valence-electron chi connectivity index (χ3n) is 3.53. The highest BCUT2D eigenvalue weighted by Gasteiger charge is 2.17. The Morgan fingerprint density at radius 1 is 1.09 bits per heavy atom. The molecule has 0 spiro atoms. The van der Waals surface area contributed by atoms with E-state index in [4.69, 9.17) is 4.74 Å². The lowest BCUT2D eigenvalue weighted by Gasteiger charge is -2.17. The lowest BCUT2D eigenvalue weighted by atomic mass is 9.99. The third kappa shape index (κ3) is 3.95. The van der Waals surface area contributed by atoms with Crippen molar-refractivity contribution in [2.45, 2.75) is 39.2 Å². The first-order chi connectivity index (χ1) is 10.4. The van der Waals surface area contributed by atoms with Crippen LogP contribution in [0.4, 0.5) is 0 Å². The zero-order valence-corrected chi connectivity index (χ0v) is 13.3. The fraction of sp³-hybridized carbons (Fsp3) is 0.316. The Balaban J connectivity index is 2.16. The van der Waals surface area contributed by atoms with Gasteiger partial charge >= 0.3 is 5.97 Å². The second-order valence-electron chi connectivity index (χ2n) is 5.88. The number of carbonyl (C=O) groups is 1. The topological polar surface area (TPSA) is 46.5 Å². The summed E-state index contributed by atoms with van der Waals surface area (Å²) in [7, 11) is 0. The van der Waals surface area contributed by atoms with Crippen LogP contribution in [0.2, 0.25) is 0 Å². The molecular weight excluding hydrogens is 276 g/mol. The van der Waals surface area contributed by atoms with Gasteiger partial charge in [-0.3, -0.25) is 0 Å². The molecule has 2 rings (SSSR count). The van der Waals surface area contributed by atoms with Crippen molar-refractivity contribution in [2.75, 3.05) is 0 Å². The first-order valence-electron chi connectivity index (χ1n) is 7.55. The summed E-state index contributed by atoms with van der Waals surface area (Å²) in [5, 5.41) is 9.93. The summed E-state index contributed by atoms with van der Waals surface area (Å²) in [6.45, 7) is 5.52. The van der Waals surface area contributed by atoms with Crippen molar-refractivity contribution in [3.8, 4) is 5.75 Å². The molecule has 0 aromatic heterocycles. The minimum Gasteiger partial charge on any atom is -0.423 e. The van der Waals surface area contributed by atoms with Gasteiger partial charge in [-0.25, -0.2) is 4.79 Å². The van der Waals surface area contributed by atoms with Crippen LogP contribution in [0, 0.1) is 0 Å². The van der Waals surface area contributed by atoms with Crippen LogP contribution >= 0.6 is 0 Å². The molecule has 3 heteroatoms. The number of rotatable bonds is 5. The molecule has 2 aromatic rings. The van der Waals surface area contributed by atoms with Crippen molar-refractivity contribution in [1.29, 1.82) is 0 Å². The summed E-state index contributed by atoms with van der Waals surface area (Å²) in [6.07, 6.45) is 1.83. The largest absolute Gasteiger partial charge is 0.423 e. The Hall–Kier alpha value is -2.13. The molecule has 0 radical (unpaired) electrons. The van der Waals surface area contributed by atoms with Crippen molar-refractivity contribution in [1.82, 2.24) is 0 Å². The molecule has 0 unspecified atom stereocenters. The standard InChI is InChI=1S/C19H22O3/c1-4-7-14-8-5-6-9-17(14)18(20)22-16-12-10-15(11-13-16)19(2,3)21/h5-6,8-13,21H,4,7H2,1-3H3. The van der Waals surface area contributed by atoms with Crippen LogP contribution in [0.15, 0.2) is 48.5 Å². The van der Waals surface area contributed by atoms with Gasteiger partial charge in [0.15, 0.2) is 0 Å².